The highest BCUT2D eigenvalue weighted by Crippen LogP contribution is 2.32. The maximum atomic E-state index is 6.41. The van der Waals surface area contributed by atoms with Crippen molar-refractivity contribution in [2.45, 2.75) is 45.4 Å². The van der Waals surface area contributed by atoms with Gasteiger partial charge in [-0.3, -0.25) is 0 Å². The van der Waals surface area contributed by atoms with Crippen molar-refractivity contribution in [3.63, 3.8) is 0 Å². The second-order valence-corrected chi connectivity index (χ2v) is 6.48. The van der Waals surface area contributed by atoms with Crippen LogP contribution < -0.4 is 10.6 Å². The summed E-state index contributed by atoms with van der Waals surface area (Å²) in [7, 11) is 0. The summed E-state index contributed by atoms with van der Waals surface area (Å²) in [4.78, 5) is 2.29. The third-order valence-electron chi connectivity index (χ3n) is 3.41. The van der Waals surface area contributed by atoms with Gasteiger partial charge in [-0.2, -0.15) is 0 Å². The van der Waals surface area contributed by atoms with Gasteiger partial charge in [-0.1, -0.05) is 17.7 Å². The van der Waals surface area contributed by atoms with Crippen LogP contribution in [0.3, 0.4) is 0 Å². The molecule has 1 aliphatic heterocycles. The first-order valence-corrected chi connectivity index (χ1v) is 7.14. The Morgan fingerprint density at radius 2 is 2.16 bits per heavy atom. The predicted octanol–water partition coefficient (Wildman–Crippen LogP) is 3.36. The second-order valence-electron chi connectivity index (χ2n) is 6.07. The highest BCUT2D eigenvalue weighted by atomic mass is 35.5. The molecule has 1 aromatic rings. The molecule has 4 heteroatoms. The highest BCUT2D eigenvalue weighted by Gasteiger charge is 2.32. The summed E-state index contributed by atoms with van der Waals surface area (Å²) in [6.07, 6.45) is 0.202. The molecule has 2 rings (SSSR count). The van der Waals surface area contributed by atoms with Gasteiger partial charge in [0.15, 0.2) is 0 Å². The minimum Gasteiger partial charge on any atom is -0.369 e. The van der Waals surface area contributed by atoms with E-state index in [9.17, 15) is 0 Å². The Labute approximate surface area is 120 Å². The monoisotopic (exact) mass is 282 g/mol. The van der Waals surface area contributed by atoms with E-state index in [1.165, 1.54) is 0 Å². The summed E-state index contributed by atoms with van der Waals surface area (Å²) in [6, 6.07) is 6.09. The summed E-state index contributed by atoms with van der Waals surface area (Å²) >= 11 is 6.41. The van der Waals surface area contributed by atoms with E-state index >= 15 is 0 Å². The number of morpholine rings is 1. The zero-order valence-electron chi connectivity index (χ0n) is 12.1. The molecule has 1 fully saturated rings. The number of nitrogens with zero attached hydrogens (tertiary/aromatic N) is 1. The summed E-state index contributed by atoms with van der Waals surface area (Å²) < 4.78 is 5.92. The third-order valence-corrected chi connectivity index (χ3v) is 3.71. The molecule has 0 aromatic heterocycles. The van der Waals surface area contributed by atoms with Crippen molar-refractivity contribution in [1.82, 2.24) is 0 Å². The summed E-state index contributed by atoms with van der Waals surface area (Å²) in [5.74, 6) is 0. The molecule has 106 valence electrons. The van der Waals surface area contributed by atoms with E-state index < -0.39 is 0 Å². The molecule has 0 radical (unpaired) electrons. The van der Waals surface area contributed by atoms with E-state index in [0.717, 1.165) is 29.4 Å². The molecular formula is C15H23ClN2O. The number of anilines is 1. The van der Waals surface area contributed by atoms with Gasteiger partial charge in [-0.15, -0.1) is 0 Å². The molecule has 2 atom stereocenters. The van der Waals surface area contributed by atoms with Crippen LogP contribution >= 0.6 is 11.6 Å². The van der Waals surface area contributed by atoms with Crippen LogP contribution in [0.2, 0.25) is 5.02 Å². The van der Waals surface area contributed by atoms with E-state index in [0.29, 0.717) is 0 Å². The fourth-order valence-corrected chi connectivity index (χ4v) is 3.01. The fourth-order valence-electron chi connectivity index (χ4n) is 2.70. The summed E-state index contributed by atoms with van der Waals surface area (Å²) in [5, 5.41) is 0.764. The first-order valence-electron chi connectivity index (χ1n) is 6.76. The Morgan fingerprint density at radius 1 is 1.47 bits per heavy atom. The Balaban J connectivity index is 2.26. The van der Waals surface area contributed by atoms with Crippen molar-refractivity contribution >= 4 is 17.3 Å². The summed E-state index contributed by atoms with van der Waals surface area (Å²) in [6.45, 7) is 9.98. The maximum absolute atomic E-state index is 6.41. The van der Waals surface area contributed by atoms with Gasteiger partial charge in [0.1, 0.15) is 0 Å². The number of nitrogens with two attached hydrogens (primary N) is 1. The SMILES string of the molecule is CC1CN(c2ccc([C@@H](C)N)cc2Cl)CC(C)(C)O1. The van der Waals surface area contributed by atoms with Gasteiger partial charge in [-0.25, -0.2) is 0 Å². The number of hydrogen-bond acceptors (Lipinski definition) is 3. The lowest BCUT2D eigenvalue weighted by atomic mass is 10.0. The molecule has 1 saturated heterocycles. The van der Waals surface area contributed by atoms with Crippen LogP contribution in [0.1, 0.15) is 39.3 Å². The van der Waals surface area contributed by atoms with Crippen LogP contribution in [0, 0.1) is 0 Å². The topological polar surface area (TPSA) is 38.5 Å². The van der Waals surface area contributed by atoms with Crippen molar-refractivity contribution in [2.75, 3.05) is 18.0 Å². The Bertz CT molecular complexity index is 459. The van der Waals surface area contributed by atoms with E-state index in [2.05, 4.69) is 37.8 Å². The third kappa shape index (κ3) is 3.41. The average Bonchev–Trinajstić information content (AvgIpc) is 2.25. The van der Waals surface area contributed by atoms with E-state index in [1.807, 2.05) is 13.0 Å². The molecular weight excluding hydrogens is 260 g/mol. The van der Waals surface area contributed by atoms with Gasteiger partial charge < -0.3 is 15.4 Å². The molecule has 0 amide bonds. The molecule has 19 heavy (non-hydrogen) atoms. The number of rotatable bonds is 2. The Kier molecular flexibility index (Phi) is 4.09. The maximum Gasteiger partial charge on any atom is 0.0805 e. The first-order chi connectivity index (χ1) is 8.78. The minimum absolute atomic E-state index is 0.00611. The van der Waals surface area contributed by atoms with Crippen molar-refractivity contribution in [1.29, 1.82) is 0 Å². The molecule has 2 N–H and O–H groups in total. The van der Waals surface area contributed by atoms with Crippen LogP contribution in [-0.4, -0.2) is 24.8 Å². The predicted molar refractivity (Wildman–Crippen MR) is 80.9 cm³/mol. The molecule has 0 saturated carbocycles. The van der Waals surface area contributed by atoms with E-state index in [1.54, 1.807) is 0 Å². The largest absolute Gasteiger partial charge is 0.369 e. The molecule has 0 spiro atoms. The molecule has 1 heterocycles. The van der Waals surface area contributed by atoms with Crippen LogP contribution in [0.15, 0.2) is 18.2 Å². The molecule has 1 unspecified atom stereocenters. The van der Waals surface area contributed by atoms with Gasteiger partial charge in [-0.05, 0) is 45.4 Å². The average molecular weight is 283 g/mol. The lowest BCUT2D eigenvalue weighted by Crippen LogP contribution is -2.52. The van der Waals surface area contributed by atoms with Crippen LogP contribution in [0.25, 0.3) is 0 Å². The van der Waals surface area contributed by atoms with Crippen molar-refractivity contribution in [3.05, 3.63) is 28.8 Å². The minimum atomic E-state index is -0.152. The van der Waals surface area contributed by atoms with Gasteiger partial charge in [0.05, 0.1) is 22.4 Å². The lowest BCUT2D eigenvalue weighted by molar-refractivity contribution is -0.0749. The quantitative estimate of drug-likeness (QED) is 0.904. The second kappa shape index (κ2) is 5.31. The van der Waals surface area contributed by atoms with Gasteiger partial charge in [0.2, 0.25) is 0 Å². The molecule has 0 aliphatic carbocycles. The Morgan fingerprint density at radius 3 is 2.68 bits per heavy atom. The van der Waals surface area contributed by atoms with Crippen molar-refractivity contribution in [3.8, 4) is 0 Å². The molecule has 3 nitrogen and oxygen atoms in total. The number of hydrogen-bond donors (Lipinski definition) is 1. The lowest BCUT2D eigenvalue weighted by Gasteiger charge is -2.43. The molecule has 1 aromatic carbocycles. The molecule has 0 bridgehead atoms. The molecule has 1 aliphatic rings. The van der Waals surface area contributed by atoms with Gasteiger partial charge in [0.25, 0.3) is 0 Å². The number of halogens is 1. The van der Waals surface area contributed by atoms with Crippen LogP contribution in [-0.2, 0) is 4.74 Å². The number of benzene rings is 1. The fraction of sp³-hybridized carbons (Fsp3) is 0.600. The van der Waals surface area contributed by atoms with E-state index in [-0.39, 0.29) is 17.7 Å². The zero-order chi connectivity index (χ0) is 14.2. The van der Waals surface area contributed by atoms with Crippen LogP contribution in [0.5, 0.6) is 0 Å². The Hall–Kier alpha value is -0.770. The van der Waals surface area contributed by atoms with Crippen molar-refractivity contribution < 1.29 is 4.74 Å². The smallest absolute Gasteiger partial charge is 0.0805 e. The standard InChI is InChI=1S/C15H23ClN2O/c1-10-8-18(9-15(3,4)19-10)14-6-5-12(11(2)17)7-13(14)16/h5-7,10-11H,8-9,17H2,1-4H3/t10?,11-/m1/s1. The van der Waals surface area contributed by atoms with E-state index in [4.69, 9.17) is 22.1 Å². The van der Waals surface area contributed by atoms with Gasteiger partial charge in [0, 0.05) is 19.1 Å². The zero-order valence-corrected chi connectivity index (χ0v) is 12.9. The number of ether oxygens (including phenoxy) is 1. The normalized spacial score (nSPS) is 24.3. The van der Waals surface area contributed by atoms with Crippen molar-refractivity contribution in [2.24, 2.45) is 5.73 Å². The first kappa shape index (κ1) is 14.6. The van der Waals surface area contributed by atoms with Gasteiger partial charge >= 0.3 is 0 Å². The van der Waals surface area contributed by atoms with Crippen LogP contribution in [0.4, 0.5) is 5.69 Å². The highest BCUT2D eigenvalue weighted by molar-refractivity contribution is 6.33. The summed E-state index contributed by atoms with van der Waals surface area (Å²) in [5.41, 5.74) is 7.86.